The SMILES string of the molecule is CCCC(=O)CCc1c(C)oc2c(C=O)c(O)c(OC)cc2c1=O. The fraction of sp³-hybridized carbons (Fsp3) is 0.389. The summed E-state index contributed by atoms with van der Waals surface area (Å²) in [6, 6.07) is 1.35. The lowest BCUT2D eigenvalue weighted by Crippen LogP contribution is -2.14. The molecule has 128 valence electrons. The van der Waals surface area contributed by atoms with Crippen LogP contribution in [0.25, 0.3) is 11.0 Å². The zero-order chi connectivity index (χ0) is 17.9. The molecule has 2 aromatic rings. The van der Waals surface area contributed by atoms with Crippen LogP contribution in [0.15, 0.2) is 15.3 Å². The highest BCUT2D eigenvalue weighted by Crippen LogP contribution is 2.35. The minimum Gasteiger partial charge on any atom is -0.504 e. The number of rotatable bonds is 7. The molecule has 0 aliphatic carbocycles. The van der Waals surface area contributed by atoms with E-state index in [0.29, 0.717) is 24.0 Å². The van der Waals surface area contributed by atoms with E-state index in [1.807, 2.05) is 6.92 Å². The van der Waals surface area contributed by atoms with E-state index in [0.717, 1.165) is 6.42 Å². The number of aromatic hydroxyl groups is 1. The Morgan fingerprint density at radius 2 is 2.08 bits per heavy atom. The number of benzene rings is 1. The summed E-state index contributed by atoms with van der Waals surface area (Å²) in [5, 5.41) is 10.2. The van der Waals surface area contributed by atoms with Gasteiger partial charge < -0.3 is 14.3 Å². The zero-order valence-electron chi connectivity index (χ0n) is 14.0. The Kier molecular flexibility index (Phi) is 5.39. The molecule has 6 nitrogen and oxygen atoms in total. The summed E-state index contributed by atoms with van der Waals surface area (Å²) in [4.78, 5) is 35.7. The number of Topliss-reactive ketones (excluding diaryl/α,β-unsaturated/α-hetero) is 1. The molecule has 0 aliphatic heterocycles. The van der Waals surface area contributed by atoms with E-state index < -0.39 is 0 Å². The average molecular weight is 332 g/mol. The topological polar surface area (TPSA) is 93.8 Å². The molecule has 0 atom stereocenters. The predicted molar refractivity (Wildman–Crippen MR) is 89.1 cm³/mol. The van der Waals surface area contributed by atoms with Gasteiger partial charge in [-0.25, -0.2) is 0 Å². The quantitative estimate of drug-likeness (QED) is 0.784. The van der Waals surface area contributed by atoms with E-state index in [2.05, 4.69) is 0 Å². The number of methoxy groups -OCH3 is 1. The maximum absolute atomic E-state index is 12.7. The molecule has 1 N–H and O–H groups in total. The lowest BCUT2D eigenvalue weighted by molar-refractivity contribution is -0.119. The van der Waals surface area contributed by atoms with Crippen LogP contribution in [0.4, 0.5) is 0 Å². The molecule has 0 bridgehead atoms. The molecule has 0 radical (unpaired) electrons. The van der Waals surface area contributed by atoms with Gasteiger partial charge in [-0.2, -0.15) is 0 Å². The summed E-state index contributed by atoms with van der Waals surface area (Å²) < 4.78 is 10.6. The van der Waals surface area contributed by atoms with Gasteiger partial charge in [-0.05, 0) is 25.8 Å². The third-order valence-corrected chi connectivity index (χ3v) is 3.97. The smallest absolute Gasteiger partial charge is 0.196 e. The molecule has 0 unspecified atom stereocenters. The minimum atomic E-state index is -0.367. The van der Waals surface area contributed by atoms with Gasteiger partial charge in [0.25, 0.3) is 0 Å². The van der Waals surface area contributed by atoms with Crippen LogP contribution in [0.1, 0.15) is 47.9 Å². The Morgan fingerprint density at radius 3 is 2.67 bits per heavy atom. The van der Waals surface area contributed by atoms with Gasteiger partial charge in [-0.1, -0.05) is 6.92 Å². The predicted octanol–water partition coefficient (Wildman–Crippen LogP) is 2.93. The van der Waals surface area contributed by atoms with Crippen molar-refractivity contribution in [2.24, 2.45) is 0 Å². The molecule has 0 fully saturated rings. The molecule has 1 aromatic heterocycles. The normalized spacial score (nSPS) is 10.8. The number of aryl methyl sites for hydroxylation is 1. The van der Waals surface area contributed by atoms with Crippen molar-refractivity contribution in [3.8, 4) is 11.5 Å². The van der Waals surface area contributed by atoms with Crippen molar-refractivity contribution in [1.82, 2.24) is 0 Å². The lowest BCUT2D eigenvalue weighted by atomic mass is 10.0. The maximum Gasteiger partial charge on any atom is 0.196 e. The second-order valence-corrected chi connectivity index (χ2v) is 5.59. The molecule has 0 saturated carbocycles. The van der Waals surface area contributed by atoms with E-state index in [4.69, 9.17) is 9.15 Å². The van der Waals surface area contributed by atoms with Gasteiger partial charge in [0.2, 0.25) is 0 Å². The molecule has 0 spiro atoms. The van der Waals surface area contributed by atoms with Gasteiger partial charge in [0, 0.05) is 18.4 Å². The Hall–Kier alpha value is -2.63. The van der Waals surface area contributed by atoms with Crippen molar-refractivity contribution in [1.29, 1.82) is 0 Å². The largest absolute Gasteiger partial charge is 0.504 e. The fourth-order valence-corrected chi connectivity index (χ4v) is 2.69. The van der Waals surface area contributed by atoms with Crippen LogP contribution in [0.2, 0.25) is 0 Å². The molecule has 2 rings (SSSR count). The number of ketones is 1. The van der Waals surface area contributed by atoms with Gasteiger partial charge >= 0.3 is 0 Å². The first-order valence-corrected chi connectivity index (χ1v) is 7.77. The van der Waals surface area contributed by atoms with Crippen LogP contribution in [-0.4, -0.2) is 24.3 Å². The van der Waals surface area contributed by atoms with Crippen molar-refractivity contribution in [2.45, 2.75) is 39.5 Å². The van der Waals surface area contributed by atoms with E-state index in [9.17, 15) is 19.5 Å². The van der Waals surface area contributed by atoms with Crippen LogP contribution in [0.3, 0.4) is 0 Å². The summed E-state index contributed by atoms with van der Waals surface area (Å²) in [5.41, 5.74) is -0.0245. The van der Waals surface area contributed by atoms with Gasteiger partial charge in [-0.15, -0.1) is 0 Å². The first-order valence-electron chi connectivity index (χ1n) is 7.77. The second kappa shape index (κ2) is 7.29. The summed E-state index contributed by atoms with van der Waals surface area (Å²) in [7, 11) is 1.33. The Labute approximate surface area is 139 Å². The third-order valence-electron chi connectivity index (χ3n) is 3.97. The van der Waals surface area contributed by atoms with Crippen LogP contribution >= 0.6 is 0 Å². The lowest BCUT2D eigenvalue weighted by Gasteiger charge is -2.11. The molecular formula is C18H20O6. The first kappa shape index (κ1) is 17.7. The summed E-state index contributed by atoms with van der Waals surface area (Å²) >= 11 is 0. The van der Waals surface area contributed by atoms with Crippen molar-refractivity contribution in [3.05, 3.63) is 33.2 Å². The molecule has 1 heterocycles. The summed E-state index contributed by atoms with van der Waals surface area (Å²) in [6.07, 6.45) is 2.22. The zero-order valence-corrected chi connectivity index (χ0v) is 14.0. The maximum atomic E-state index is 12.7. The standard InChI is InChI=1S/C18H20O6/c1-4-5-11(20)6-7-12-10(2)24-18-13(16(12)21)8-15(23-3)17(22)14(18)9-19/h8-9,22H,4-7H2,1-3H3. The van der Waals surface area contributed by atoms with Crippen molar-refractivity contribution >= 4 is 23.0 Å². The fourth-order valence-electron chi connectivity index (χ4n) is 2.69. The number of hydrogen-bond acceptors (Lipinski definition) is 6. The Balaban J connectivity index is 2.60. The highest BCUT2D eigenvalue weighted by Gasteiger charge is 2.20. The number of carbonyl (C=O) groups is 2. The number of phenols is 1. The number of hydrogen-bond donors (Lipinski definition) is 1. The van der Waals surface area contributed by atoms with E-state index in [1.165, 1.54) is 13.2 Å². The van der Waals surface area contributed by atoms with Crippen LogP contribution in [0.5, 0.6) is 11.5 Å². The average Bonchev–Trinajstić information content (AvgIpc) is 2.54. The molecule has 0 amide bonds. The second-order valence-electron chi connectivity index (χ2n) is 5.59. The third kappa shape index (κ3) is 3.18. The number of ether oxygens (including phenoxy) is 1. The Bertz CT molecular complexity index is 847. The number of aldehydes is 1. The molecular weight excluding hydrogens is 312 g/mol. The molecule has 0 saturated heterocycles. The van der Waals surface area contributed by atoms with Crippen LogP contribution in [0, 0.1) is 6.92 Å². The van der Waals surface area contributed by atoms with Gasteiger partial charge in [-0.3, -0.25) is 14.4 Å². The summed E-state index contributed by atoms with van der Waals surface area (Å²) in [5.74, 6) is 0.0833. The highest BCUT2D eigenvalue weighted by atomic mass is 16.5. The molecule has 1 aromatic carbocycles. The van der Waals surface area contributed by atoms with Gasteiger partial charge in [0.1, 0.15) is 17.1 Å². The van der Waals surface area contributed by atoms with Crippen molar-refractivity contribution in [3.63, 3.8) is 0 Å². The van der Waals surface area contributed by atoms with E-state index >= 15 is 0 Å². The van der Waals surface area contributed by atoms with Crippen LogP contribution in [-0.2, 0) is 11.2 Å². The number of phenolic OH excluding ortho intramolecular Hbond substituents is 1. The Morgan fingerprint density at radius 1 is 1.38 bits per heavy atom. The highest BCUT2D eigenvalue weighted by molar-refractivity contribution is 5.99. The number of fused-ring (bicyclic) bond motifs is 1. The molecule has 24 heavy (non-hydrogen) atoms. The van der Waals surface area contributed by atoms with Gasteiger partial charge in [0.05, 0.1) is 12.5 Å². The van der Waals surface area contributed by atoms with Crippen molar-refractivity contribution < 1.29 is 23.8 Å². The molecule has 6 heteroatoms. The monoisotopic (exact) mass is 332 g/mol. The van der Waals surface area contributed by atoms with Crippen LogP contribution < -0.4 is 10.2 Å². The van der Waals surface area contributed by atoms with Gasteiger partial charge in [0.15, 0.2) is 28.8 Å². The minimum absolute atomic E-state index is 0.0220. The van der Waals surface area contributed by atoms with Crippen molar-refractivity contribution in [2.75, 3.05) is 7.11 Å². The summed E-state index contributed by atoms with van der Waals surface area (Å²) in [6.45, 7) is 3.53. The van der Waals surface area contributed by atoms with E-state index in [1.54, 1.807) is 6.92 Å². The molecule has 0 aliphatic rings. The number of carbonyl (C=O) groups excluding carboxylic acids is 2. The van der Waals surface area contributed by atoms with E-state index in [-0.39, 0.29) is 52.1 Å². The first-order chi connectivity index (χ1) is 11.4.